The first-order chi connectivity index (χ1) is 7.81. The molecule has 0 spiro atoms. The van der Waals surface area contributed by atoms with Gasteiger partial charge >= 0.3 is 0 Å². The Balaban J connectivity index is 2.45. The molecule has 16 heavy (non-hydrogen) atoms. The Morgan fingerprint density at radius 2 is 2.19 bits per heavy atom. The molecular weight excluding hydrogens is 194 g/mol. The van der Waals surface area contributed by atoms with Gasteiger partial charge in [-0.1, -0.05) is 33.1 Å². The lowest BCUT2D eigenvalue weighted by Crippen LogP contribution is -2.38. The van der Waals surface area contributed by atoms with Crippen LogP contribution in [0.2, 0.25) is 0 Å². The molecule has 92 valence electrons. The first-order valence-electron chi connectivity index (χ1n) is 6.98. The summed E-state index contributed by atoms with van der Waals surface area (Å²) in [7, 11) is 0. The zero-order chi connectivity index (χ0) is 11.8. The van der Waals surface area contributed by atoms with Gasteiger partial charge in [-0.15, -0.1) is 12.3 Å². The second-order valence-electron chi connectivity index (χ2n) is 5.17. The van der Waals surface area contributed by atoms with Gasteiger partial charge in [-0.3, -0.25) is 0 Å². The van der Waals surface area contributed by atoms with Gasteiger partial charge in [0.25, 0.3) is 0 Å². The maximum Gasteiger partial charge on any atom is 0.0243 e. The summed E-state index contributed by atoms with van der Waals surface area (Å²) in [6.45, 7) is 5.65. The van der Waals surface area contributed by atoms with E-state index in [9.17, 15) is 0 Å². The fraction of sp³-hybridized carbons (Fsp3) is 0.867. The van der Waals surface area contributed by atoms with E-state index in [1.165, 1.54) is 38.5 Å². The third-order valence-electron chi connectivity index (χ3n) is 3.96. The third-order valence-corrected chi connectivity index (χ3v) is 3.96. The molecule has 1 nitrogen and oxygen atoms in total. The Hall–Kier alpha value is -0.480. The molecule has 3 unspecified atom stereocenters. The molecule has 0 saturated heterocycles. The maximum absolute atomic E-state index is 5.48. The molecule has 1 rings (SSSR count). The summed E-state index contributed by atoms with van der Waals surface area (Å²) in [4.78, 5) is 0. The fourth-order valence-corrected chi connectivity index (χ4v) is 2.93. The van der Waals surface area contributed by atoms with E-state index in [2.05, 4.69) is 25.1 Å². The van der Waals surface area contributed by atoms with Crippen molar-refractivity contribution in [1.29, 1.82) is 0 Å². The van der Waals surface area contributed by atoms with Crippen molar-refractivity contribution < 1.29 is 0 Å². The minimum atomic E-state index is 0.569. The van der Waals surface area contributed by atoms with Crippen molar-refractivity contribution >= 4 is 0 Å². The highest BCUT2D eigenvalue weighted by Gasteiger charge is 2.26. The zero-order valence-corrected chi connectivity index (χ0v) is 11.0. The van der Waals surface area contributed by atoms with Gasteiger partial charge in [0, 0.05) is 12.5 Å². The molecule has 3 atom stereocenters. The van der Waals surface area contributed by atoms with Crippen LogP contribution in [-0.2, 0) is 0 Å². The predicted molar refractivity (Wildman–Crippen MR) is 71.3 cm³/mol. The molecule has 1 aliphatic carbocycles. The van der Waals surface area contributed by atoms with E-state index in [-0.39, 0.29) is 0 Å². The highest BCUT2D eigenvalue weighted by Crippen LogP contribution is 2.33. The smallest absolute Gasteiger partial charge is 0.0243 e. The van der Waals surface area contributed by atoms with Crippen molar-refractivity contribution in [3.63, 3.8) is 0 Å². The Labute approximate surface area is 101 Å². The summed E-state index contributed by atoms with van der Waals surface area (Å²) in [6, 6.07) is 0.569. The minimum Gasteiger partial charge on any atom is -0.313 e. The normalized spacial score (nSPS) is 27.3. The van der Waals surface area contributed by atoms with E-state index in [4.69, 9.17) is 6.42 Å². The highest BCUT2D eigenvalue weighted by atomic mass is 14.9. The van der Waals surface area contributed by atoms with Gasteiger partial charge in [0.05, 0.1) is 0 Å². The van der Waals surface area contributed by atoms with Gasteiger partial charge < -0.3 is 5.32 Å². The number of rotatable bonds is 6. The monoisotopic (exact) mass is 221 g/mol. The van der Waals surface area contributed by atoms with Crippen LogP contribution >= 0.6 is 0 Å². The Kier molecular flexibility index (Phi) is 6.57. The molecule has 1 heteroatoms. The number of hydrogen-bond acceptors (Lipinski definition) is 1. The van der Waals surface area contributed by atoms with Crippen LogP contribution in [0.3, 0.4) is 0 Å². The maximum atomic E-state index is 5.48. The van der Waals surface area contributed by atoms with Crippen LogP contribution in [0.4, 0.5) is 0 Å². The van der Waals surface area contributed by atoms with Crippen LogP contribution in [0.25, 0.3) is 0 Å². The topological polar surface area (TPSA) is 12.0 Å². The molecule has 0 radical (unpaired) electrons. The number of hydrogen-bond donors (Lipinski definition) is 1. The lowest BCUT2D eigenvalue weighted by Gasteiger charge is -2.34. The van der Waals surface area contributed by atoms with Crippen LogP contribution in [0, 0.1) is 24.2 Å². The van der Waals surface area contributed by atoms with E-state index in [0.717, 1.165) is 24.8 Å². The molecule has 0 aromatic carbocycles. The van der Waals surface area contributed by atoms with E-state index in [0.29, 0.717) is 6.04 Å². The van der Waals surface area contributed by atoms with Gasteiger partial charge in [0.2, 0.25) is 0 Å². The lowest BCUT2D eigenvalue weighted by atomic mass is 9.76. The summed E-state index contributed by atoms with van der Waals surface area (Å²) in [5.41, 5.74) is 0. The molecular formula is C15H27N. The molecule has 1 N–H and O–H groups in total. The van der Waals surface area contributed by atoms with Crippen molar-refractivity contribution in [3.8, 4) is 12.3 Å². The lowest BCUT2D eigenvalue weighted by molar-refractivity contribution is 0.210. The molecule has 0 aliphatic heterocycles. The molecule has 0 heterocycles. The van der Waals surface area contributed by atoms with Crippen molar-refractivity contribution in [2.24, 2.45) is 11.8 Å². The summed E-state index contributed by atoms with van der Waals surface area (Å²) in [6.07, 6.45) is 14.5. The van der Waals surface area contributed by atoms with Crippen molar-refractivity contribution in [2.75, 3.05) is 6.54 Å². The minimum absolute atomic E-state index is 0.569. The summed E-state index contributed by atoms with van der Waals surface area (Å²) < 4.78 is 0. The SMILES string of the molecule is C#CCC(NCCC)C1CCCC(CC)C1. The number of terminal acetylenes is 1. The molecule has 0 aromatic rings. The third kappa shape index (κ3) is 4.18. The van der Waals surface area contributed by atoms with Crippen molar-refractivity contribution in [3.05, 3.63) is 0 Å². The first-order valence-corrected chi connectivity index (χ1v) is 6.98. The standard InChI is InChI=1S/C15H27N/c1-4-8-15(16-11-5-2)14-10-7-9-13(6-3)12-14/h1,13-16H,5-12H2,2-3H3. The Morgan fingerprint density at radius 1 is 1.38 bits per heavy atom. The molecule has 0 aromatic heterocycles. The second-order valence-corrected chi connectivity index (χ2v) is 5.17. The molecule has 1 saturated carbocycles. The molecule has 1 aliphatic rings. The highest BCUT2D eigenvalue weighted by molar-refractivity contribution is 4.93. The first kappa shape index (κ1) is 13.6. The van der Waals surface area contributed by atoms with Gasteiger partial charge in [-0.05, 0) is 37.6 Å². The van der Waals surface area contributed by atoms with Crippen molar-refractivity contribution in [2.45, 2.75) is 64.8 Å². The van der Waals surface area contributed by atoms with Crippen LogP contribution in [-0.4, -0.2) is 12.6 Å². The van der Waals surface area contributed by atoms with Gasteiger partial charge in [-0.2, -0.15) is 0 Å². The van der Waals surface area contributed by atoms with Gasteiger partial charge in [0.1, 0.15) is 0 Å². The van der Waals surface area contributed by atoms with Gasteiger partial charge in [-0.25, -0.2) is 0 Å². The van der Waals surface area contributed by atoms with Crippen LogP contribution in [0.5, 0.6) is 0 Å². The molecule has 0 amide bonds. The molecule has 1 fully saturated rings. The largest absolute Gasteiger partial charge is 0.313 e. The molecule has 0 bridgehead atoms. The van der Waals surface area contributed by atoms with E-state index >= 15 is 0 Å². The van der Waals surface area contributed by atoms with E-state index in [1.54, 1.807) is 0 Å². The van der Waals surface area contributed by atoms with Crippen LogP contribution in [0.1, 0.15) is 58.8 Å². The average Bonchev–Trinajstić information content (AvgIpc) is 2.34. The number of nitrogens with one attached hydrogen (secondary N) is 1. The van der Waals surface area contributed by atoms with Crippen LogP contribution in [0.15, 0.2) is 0 Å². The van der Waals surface area contributed by atoms with E-state index < -0.39 is 0 Å². The summed E-state index contributed by atoms with van der Waals surface area (Å²) in [5.74, 6) is 4.61. The average molecular weight is 221 g/mol. The van der Waals surface area contributed by atoms with E-state index in [1.807, 2.05) is 0 Å². The Morgan fingerprint density at radius 3 is 2.81 bits per heavy atom. The second kappa shape index (κ2) is 7.74. The summed E-state index contributed by atoms with van der Waals surface area (Å²) in [5, 5.41) is 3.64. The van der Waals surface area contributed by atoms with Crippen LogP contribution < -0.4 is 5.32 Å². The Bertz CT molecular complexity index is 216. The van der Waals surface area contributed by atoms with Crippen molar-refractivity contribution in [1.82, 2.24) is 5.32 Å². The quantitative estimate of drug-likeness (QED) is 0.676. The fourth-order valence-electron chi connectivity index (χ4n) is 2.93. The predicted octanol–water partition coefficient (Wildman–Crippen LogP) is 3.59. The van der Waals surface area contributed by atoms with Gasteiger partial charge in [0.15, 0.2) is 0 Å². The zero-order valence-electron chi connectivity index (χ0n) is 11.0. The summed E-state index contributed by atoms with van der Waals surface area (Å²) >= 11 is 0.